The van der Waals surface area contributed by atoms with Crippen LogP contribution in [0.5, 0.6) is 0 Å². The lowest BCUT2D eigenvalue weighted by atomic mass is 13.0. The Morgan fingerprint density at radius 1 is 1.60 bits per heavy atom. The van der Waals surface area contributed by atoms with E-state index in [9.17, 15) is 0 Å². The lowest BCUT2D eigenvalue weighted by molar-refractivity contribution is 0.824. The summed E-state index contributed by atoms with van der Waals surface area (Å²) in [5, 5.41) is 2.17. The summed E-state index contributed by atoms with van der Waals surface area (Å²) >= 11 is 0. The lowest BCUT2D eigenvalue weighted by Gasteiger charge is -1.62. The van der Waals surface area contributed by atoms with Crippen LogP contribution in [0.15, 0.2) is 0 Å². The second kappa shape index (κ2) is 21.1. The van der Waals surface area contributed by atoms with Gasteiger partial charge in [0.25, 0.3) is 0 Å². The third kappa shape index (κ3) is 55.1. The molecule has 0 bridgehead atoms. The Bertz CT molecular complexity index is 9.61. The number of rotatable bonds is 0. The van der Waals surface area contributed by atoms with Gasteiger partial charge >= 0.3 is 0 Å². The minimum absolute atomic E-state index is 0. The molecule has 0 spiro atoms. The minimum atomic E-state index is 0. The van der Waals surface area contributed by atoms with E-state index >= 15 is 0 Å². The SMILES string of the molecule is NNP.O.[AlH3]. The number of nitrogens with one attached hydrogen (secondary N) is 1. The van der Waals surface area contributed by atoms with Crippen LogP contribution < -0.4 is 11.0 Å². The first-order valence-electron chi connectivity index (χ1n) is 0.577. The Labute approximate surface area is 44.0 Å². The van der Waals surface area contributed by atoms with Gasteiger partial charge in [0.2, 0.25) is 0 Å². The van der Waals surface area contributed by atoms with Crippen LogP contribution in [-0.2, 0) is 0 Å². The molecule has 3 nitrogen and oxygen atoms in total. The maximum absolute atomic E-state index is 4.56. The molecule has 0 radical (unpaired) electrons. The van der Waals surface area contributed by atoms with Crippen LogP contribution in [-0.4, -0.2) is 22.8 Å². The van der Waals surface area contributed by atoms with Gasteiger partial charge in [0.05, 0.1) is 0 Å². The molecule has 0 aromatic carbocycles. The Morgan fingerprint density at radius 3 is 1.60 bits per heavy atom. The third-order valence-electron chi connectivity index (χ3n) is 0. The fraction of sp³-hybridized carbons (Fsp3) is 0. The maximum Gasteiger partial charge on any atom is 0.187 e. The molecule has 0 rings (SSSR count). The van der Waals surface area contributed by atoms with E-state index in [1.54, 1.807) is 0 Å². The van der Waals surface area contributed by atoms with Crippen LogP contribution in [0, 0.1) is 0 Å². The van der Waals surface area contributed by atoms with Crippen LogP contribution in [0.1, 0.15) is 0 Å². The Balaban J connectivity index is -0.0000000200. The van der Waals surface area contributed by atoms with Crippen molar-refractivity contribution in [2.24, 2.45) is 5.84 Å². The first-order valence-corrected chi connectivity index (χ1v) is 1.15. The number of hydrazine groups is 1. The minimum Gasteiger partial charge on any atom is -0.412 e. The van der Waals surface area contributed by atoms with E-state index in [2.05, 4.69) is 20.4 Å². The third-order valence-corrected chi connectivity index (χ3v) is 0. The molecule has 0 aliphatic heterocycles. The van der Waals surface area contributed by atoms with Crippen LogP contribution in [0.4, 0.5) is 0 Å². The number of hydrogen-bond donors (Lipinski definition) is 2. The van der Waals surface area contributed by atoms with Crippen molar-refractivity contribution in [1.82, 2.24) is 5.20 Å². The fourth-order valence-corrected chi connectivity index (χ4v) is 0. The van der Waals surface area contributed by atoms with Gasteiger partial charge in [0.1, 0.15) is 0 Å². The Morgan fingerprint density at radius 2 is 1.60 bits per heavy atom. The average molecular weight is 112 g/mol. The highest BCUT2D eigenvalue weighted by Gasteiger charge is 1.22. The van der Waals surface area contributed by atoms with Crippen molar-refractivity contribution in [3.8, 4) is 0 Å². The molecule has 34 valence electrons. The summed E-state index contributed by atoms with van der Waals surface area (Å²) < 4.78 is 0. The zero-order chi connectivity index (χ0) is 2.71. The maximum atomic E-state index is 4.56. The highest BCUT2D eigenvalue weighted by Crippen LogP contribution is 1.44. The van der Waals surface area contributed by atoms with E-state index in [0.717, 1.165) is 0 Å². The monoisotopic (exact) mass is 112 g/mol. The van der Waals surface area contributed by atoms with Gasteiger partial charge in [-0.1, -0.05) is 9.39 Å². The van der Waals surface area contributed by atoms with E-state index in [1.165, 1.54) is 0 Å². The van der Waals surface area contributed by atoms with Crippen molar-refractivity contribution in [2.75, 3.05) is 0 Å². The molecule has 0 aromatic heterocycles. The molecule has 5 heavy (non-hydrogen) atoms. The van der Waals surface area contributed by atoms with Crippen LogP contribution in [0.2, 0.25) is 0 Å². The van der Waals surface area contributed by atoms with Crippen molar-refractivity contribution in [3.63, 3.8) is 0 Å². The second-order valence-corrected chi connectivity index (χ2v) is 0.500. The fourth-order valence-electron chi connectivity index (χ4n) is 0. The molecule has 5 heteroatoms. The van der Waals surface area contributed by atoms with Crippen molar-refractivity contribution in [1.29, 1.82) is 0 Å². The van der Waals surface area contributed by atoms with Gasteiger partial charge in [-0.05, 0) is 0 Å². The van der Waals surface area contributed by atoms with Gasteiger partial charge < -0.3 is 5.48 Å². The molecule has 0 saturated carbocycles. The van der Waals surface area contributed by atoms with Crippen molar-refractivity contribution >= 4 is 26.8 Å². The predicted octanol–water partition coefficient (Wildman–Crippen LogP) is -2.77. The summed E-state index contributed by atoms with van der Waals surface area (Å²) in [6.07, 6.45) is 0. The van der Waals surface area contributed by atoms with Crippen molar-refractivity contribution in [2.45, 2.75) is 0 Å². The van der Waals surface area contributed by atoms with Crippen molar-refractivity contribution in [3.05, 3.63) is 0 Å². The zero-order valence-corrected chi connectivity index (χ0v) is 3.31. The second-order valence-electron chi connectivity index (χ2n) is 0.167. The standard InChI is InChI=1S/Al.H5N2P.H2O.3H/c;1-2-3;;;;/h;2H,1,3H2;1H2;;;. The van der Waals surface area contributed by atoms with E-state index < -0.39 is 0 Å². The number of nitrogens with two attached hydrogens (primary N) is 1. The summed E-state index contributed by atoms with van der Waals surface area (Å²) in [7, 11) is 2.11. The van der Waals surface area contributed by atoms with Gasteiger partial charge in [0.15, 0.2) is 17.4 Å². The molecule has 0 aromatic rings. The van der Waals surface area contributed by atoms with Gasteiger partial charge in [0, 0.05) is 0 Å². The van der Waals surface area contributed by atoms with E-state index in [-0.39, 0.29) is 22.8 Å². The van der Waals surface area contributed by atoms with E-state index in [0.29, 0.717) is 0 Å². The van der Waals surface area contributed by atoms with Gasteiger partial charge in [-0.2, -0.15) is 0 Å². The quantitative estimate of drug-likeness (QED) is 0.154. The Kier molecular flexibility index (Phi) is 71.4. The first-order chi connectivity index (χ1) is 1.41. The molecule has 0 saturated heterocycles. The van der Waals surface area contributed by atoms with Gasteiger partial charge in [-0.25, -0.2) is 5.20 Å². The summed E-state index contributed by atoms with van der Waals surface area (Å²) in [5.74, 6) is 4.56. The molecule has 5 N–H and O–H groups in total. The smallest absolute Gasteiger partial charge is 0.187 e. The highest BCUT2D eigenvalue weighted by atomic mass is 31.0. The molecule has 0 heterocycles. The summed E-state index contributed by atoms with van der Waals surface area (Å²) in [4.78, 5) is 0. The molecule has 1 unspecified atom stereocenters. The Hall–Kier alpha value is 0.842. The van der Waals surface area contributed by atoms with E-state index in [1.807, 2.05) is 0 Å². The molecule has 0 aliphatic carbocycles. The van der Waals surface area contributed by atoms with Gasteiger partial charge in [-0.15, -0.1) is 0 Å². The van der Waals surface area contributed by atoms with Crippen LogP contribution in [0.3, 0.4) is 0 Å². The lowest BCUT2D eigenvalue weighted by Crippen LogP contribution is -2.04. The summed E-state index contributed by atoms with van der Waals surface area (Å²) in [6.45, 7) is 0. The van der Waals surface area contributed by atoms with Crippen LogP contribution >= 0.6 is 9.39 Å². The zero-order valence-electron chi connectivity index (χ0n) is 2.15. The van der Waals surface area contributed by atoms with Crippen LogP contribution in [0.25, 0.3) is 0 Å². The largest absolute Gasteiger partial charge is 0.412 e. The topological polar surface area (TPSA) is 69.5 Å². The molecular weight excluding hydrogens is 102 g/mol. The van der Waals surface area contributed by atoms with E-state index in [4.69, 9.17) is 0 Å². The normalized spacial score (nSPS) is 3.60. The first kappa shape index (κ1) is 17.0. The summed E-state index contributed by atoms with van der Waals surface area (Å²) in [5.41, 5.74) is 0. The summed E-state index contributed by atoms with van der Waals surface area (Å²) in [6, 6.07) is 0. The predicted molar refractivity (Wildman–Crippen MR) is 30.6 cm³/mol. The van der Waals surface area contributed by atoms with Crippen molar-refractivity contribution < 1.29 is 5.48 Å². The highest BCUT2D eigenvalue weighted by molar-refractivity contribution is 7.13. The molecular formula is H10AlN2OP. The average Bonchev–Trinajstić information content (AvgIpc) is 0.918. The molecule has 0 fully saturated rings. The molecule has 0 aliphatic rings. The molecule has 0 amide bonds. The molecule has 1 atom stereocenters. The number of hydrogen-bond acceptors (Lipinski definition) is 2. The van der Waals surface area contributed by atoms with Gasteiger partial charge in [-0.3, -0.25) is 5.84 Å².